The third kappa shape index (κ3) is 1.79. The van der Waals surface area contributed by atoms with Crippen molar-refractivity contribution in [2.45, 2.75) is 26.7 Å². The summed E-state index contributed by atoms with van der Waals surface area (Å²) in [6.45, 7) is 4.41. The van der Waals surface area contributed by atoms with Crippen LogP contribution in [0.15, 0.2) is 60.7 Å². The second-order valence-corrected chi connectivity index (χ2v) is 7.95. The second kappa shape index (κ2) is 4.86. The molecule has 0 amide bonds. The summed E-state index contributed by atoms with van der Waals surface area (Å²) in [6, 6.07) is 23.2. The molecule has 0 aromatic heterocycles. The van der Waals surface area contributed by atoms with Crippen LogP contribution in [-0.4, -0.2) is 0 Å². The van der Waals surface area contributed by atoms with Gasteiger partial charge < -0.3 is 0 Å². The lowest BCUT2D eigenvalue weighted by Gasteiger charge is -2.23. The molecule has 0 aliphatic heterocycles. The van der Waals surface area contributed by atoms with E-state index in [1.165, 1.54) is 66.4 Å². The molecule has 0 heteroatoms. The maximum atomic E-state index is 2.47. The Bertz CT molecular complexity index is 1240. The smallest absolute Gasteiger partial charge is 0.00130 e. The highest BCUT2D eigenvalue weighted by Gasteiger charge is 2.24. The maximum absolute atomic E-state index is 2.47. The second-order valence-electron chi connectivity index (χ2n) is 7.95. The highest BCUT2D eigenvalue weighted by molar-refractivity contribution is 6.04. The van der Waals surface area contributed by atoms with Gasteiger partial charge in [-0.15, -0.1) is 0 Å². The molecule has 124 valence electrons. The molecular formula is C26H20. The van der Waals surface area contributed by atoms with Crippen molar-refractivity contribution >= 4 is 10.8 Å². The first kappa shape index (κ1) is 14.3. The third-order valence-electron chi connectivity index (χ3n) is 6.28. The van der Waals surface area contributed by atoms with Crippen LogP contribution in [0.5, 0.6) is 0 Å². The molecule has 4 aromatic rings. The first-order valence-corrected chi connectivity index (χ1v) is 9.46. The highest BCUT2D eigenvalue weighted by atomic mass is 14.3. The van der Waals surface area contributed by atoms with Crippen LogP contribution < -0.4 is 0 Å². The van der Waals surface area contributed by atoms with Gasteiger partial charge in [0, 0.05) is 0 Å². The van der Waals surface area contributed by atoms with Crippen molar-refractivity contribution in [1.29, 1.82) is 0 Å². The van der Waals surface area contributed by atoms with Crippen molar-refractivity contribution in [3.05, 3.63) is 94.0 Å². The van der Waals surface area contributed by atoms with E-state index in [0.29, 0.717) is 0 Å². The molecule has 0 saturated heterocycles. The molecule has 0 bridgehead atoms. The summed E-state index contributed by atoms with van der Waals surface area (Å²) in [5.41, 5.74) is 14.4. The SMILES string of the molecule is Cc1ccc2c(c1)Cc1cc3c(cc1-2)Cc1cccc2c(C)ccc-3c12. The average Bonchev–Trinajstić information content (AvgIpc) is 2.98. The molecular weight excluding hydrogens is 312 g/mol. The Morgan fingerprint density at radius 2 is 1.27 bits per heavy atom. The van der Waals surface area contributed by atoms with E-state index in [4.69, 9.17) is 0 Å². The number of hydrogen-bond donors (Lipinski definition) is 0. The molecule has 6 rings (SSSR count). The Labute approximate surface area is 154 Å². The van der Waals surface area contributed by atoms with Gasteiger partial charge in [-0.3, -0.25) is 0 Å². The lowest BCUT2D eigenvalue weighted by molar-refractivity contribution is 1.18. The monoisotopic (exact) mass is 332 g/mol. The van der Waals surface area contributed by atoms with Crippen LogP contribution in [0.4, 0.5) is 0 Å². The molecule has 0 atom stereocenters. The van der Waals surface area contributed by atoms with Crippen molar-refractivity contribution in [3.8, 4) is 22.3 Å². The Hall–Kier alpha value is -2.86. The van der Waals surface area contributed by atoms with Gasteiger partial charge in [0.05, 0.1) is 0 Å². The van der Waals surface area contributed by atoms with E-state index in [2.05, 4.69) is 74.5 Å². The summed E-state index contributed by atoms with van der Waals surface area (Å²) in [6.07, 6.45) is 2.11. The van der Waals surface area contributed by atoms with Crippen molar-refractivity contribution in [3.63, 3.8) is 0 Å². The van der Waals surface area contributed by atoms with Gasteiger partial charge in [-0.25, -0.2) is 0 Å². The molecule has 0 heterocycles. The minimum Gasteiger partial charge on any atom is -0.0613 e. The van der Waals surface area contributed by atoms with E-state index in [1.54, 1.807) is 0 Å². The number of aryl methyl sites for hydroxylation is 2. The molecule has 26 heavy (non-hydrogen) atoms. The minimum absolute atomic E-state index is 1.04. The predicted octanol–water partition coefficient (Wildman–Crippen LogP) is 6.60. The molecule has 2 aliphatic carbocycles. The normalized spacial score (nSPS) is 13.5. The van der Waals surface area contributed by atoms with Gasteiger partial charge in [0.15, 0.2) is 0 Å². The molecule has 0 spiro atoms. The fourth-order valence-corrected chi connectivity index (χ4v) is 5.03. The molecule has 0 N–H and O–H groups in total. The quantitative estimate of drug-likeness (QED) is 0.294. The number of benzene rings is 4. The molecule has 4 aromatic carbocycles. The van der Waals surface area contributed by atoms with Crippen molar-refractivity contribution < 1.29 is 0 Å². The van der Waals surface area contributed by atoms with Crippen LogP contribution in [0.3, 0.4) is 0 Å². The van der Waals surface area contributed by atoms with Crippen LogP contribution in [0, 0.1) is 13.8 Å². The Morgan fingerprint density at radius 1 is 0.577 bits per heavy atom. The Balaban J connectivity index is 1.64. The molecule has 0 unspecified atom stereocenters. The van der Waals surface area contributed by atoms with Gasteiger partial charge in [-0.05, 0) is 99.7 Å². The summed E-state index contributed by atoms with van der Waals surface area (Å²) in [4.78, 5) is 0. The highest BCUT2D eigenvalue weighted by Crippen LogP contribution is 2.45. The van der Waals surface area contributed by atoms with Crippen molar-refractivity contribution in [1.82, 2.24) is 0 Å². The first-order valence-electron chi connectivity index (χ1n) is 9.46. The fraction of sp³-hybridized carbons (Fsp3) is 0.154. The molecule has 2 aliphatic rings. The lowest BCUT2D eigenvalue weighted by Crippen LogP contribution is -2.03. The zero-order chi connectivity index (χ0) is 17.4. The van der Waals surface area contributed by atoms with E-state index < -0.39 is 0 Å². The summed E-state index contributed by atoms with van der Waals surface area (Å²) in [5.74, 6) is 0. The van der Waals surface area contributed by atoms with E-state index in [-0.39, 0.29) is 0 Å². The van der Waals surface area contributed by atoms with Crippen LogP contribution >= 0.6 is 0 Å². The van der Waals surface area contributed by atoms with Gasteiger partial charge in [0.25, 0.3) is 0 Å². The number of rotatable bonds is 0. The van der Waals surface area contributed by atoms with Gasteiger partial charge in [-0.1, -0.05) is 54.1 Å². The predicted molar refractivity (Wildman–Crippen MR) is 110 cm³/mol. The maximum Gasteiger partial charge on any atom is -0.00130 e. The summed E-state index contributed by atoms with van der Waals surface area (Å²) in [7, 11) is 0. The molecule has 0 saturated carbocycles. The lowest BCUT2D eigenvalue weighted by atomic mass is 9.81. The fourth-order valence-electron chi connectivity index (χ4n) is 5.03. The number of hydrogen-bond acceptors (Lipinski definition) is 0. The molecule has 0 nitrogen and oxygen atoms in total. The summed E-state index contributed by atoms with van der Waals surface area (Å²) < 4.78 is 0. The van der Waals surface area contributed by atoms with Crippen LogP contribution in [-0.2, 0) is 12.8 Å². The topological polar surface area (TPSA) is 0 Å². The van der Waals surface area contributed by atoms with E-state index >= 15 is 0 Å². The van der Waals surface area contributed by atoms with E-state index in [9.17, 15) is 0 Å². The van der Waals surface area contributed by atoms with Gasteiger partial charge in [-0.2, -0.15) is 0 Å². The van der Waals surface area contributed by atoms with Crippen LogP contribution in [0.2, 0.25) is 0 Å². The number of fused-ring (bicyclic) bond motifs is 5. The van der Waals surface area contributed by atoms with E-state index in [1.807, 2.05) is 0 Å². The minimum atomic E-state index is 1.04. The van der Waals surface area contributed by atoms with Gasteiger partial charge in [0.1, 0.15) is 0 Å². The van der Waals surface area contributed by atoms with Gasteiger partial charge >= 0.3 is 0 Å². The van der Waals surface area contributed by atoms with Crippen LogP contribution in [0.1, 0.15) is 33.4 Å². The Kier molecular flexibility index (Phi) is 2.68. The van der Waals surface area contributed by atoms with Crippen molar-refractivity contribution in [2.24, 2.45) is 0 Å². The Morgan fingerprint density at radius 3 is 2.12 bits per heavy atom. The standard InChI is InChI=1S/C26H20/c1-15-6-8-22-18(10-15)12-20-14-25-19(13-24(20)22)11-17-4-3-5-21-16(2)7-9-23(25)26(17)21/h3-10,13-14H,11-12H2,1-2H3. The summed E-state index contributed by atoms with van der Waals surface area (Å²) >= 11 is 0. The first-order chi connectivity index (χ1) is 12.7. The summed E-state index contributed by atoms with van der Waals surface area (Å²) in [5, 5.41) is 2.87. The average molecular weight is 332 g/mol. The van der Waals surface area contributed by atoms with E-state index in [0.717, 1.165) is 12.8 Å². The zero-order valence-electron chi connectivity index (χ0n) is 15.2. The molecule has 0 fully saturated rings. The molecule has 0 radical (unpaired) electrons. The van der Waals surface area contributed by atoms with Crippen molar-refractivity contribution in [2.75, 3.05) is 0 Å². The largest absolute Gasteiger partial charge is 0.0613 e. The van der Waals surface area contributed by atoms with Gasteiger partial charge in [0.2, 0.25) is 0 Å². The zero-order valence-corrected chi connectivity index (χ0v) is 15.2. The third-order valence-corrected chi connectivity index (χ3v) is 6.28. The van der Waals surface area contributed by atoms with Crippen LogP contribution in [0.25, 0.3) is 33.0 Å².